The number of esters is 1. The van der Waals surface area contributed by atoms with Gasteiger partial charge < -0.3 is 9.47 Å². The third-order valence-electron chi connectivity index (χ3n) is 4.34. The molecule has 0 radical (unpaired) electrons. The summed E-state index contributed by atoms with van der Waals surface area (Å²) in [6.45, 7) is 5.77. The van der Waals surface area contributed by atoms with Crippen molar-refractivity contribution in [2.45, 2.75) is 104 Å². The maximum Gasteiger partial charge on any atom is 0.394 e. The fourth-order valence-corrected chi connectivity index (χ4v) is 2.77. The van der Waals surface area contributed by atoms with Crippen LogP contribution < -0.4 is 0 Å². The molecule has 0 aliphatic carbocycles. The quantitative estimate of drug-likeness (QED) is 0.108. The summed E-state index contributed by atoms with van der Waals surface area (Å²) >= 11 is 0. The standard InChI is InChI=1S/C22H42O3.H2O4S/c1-3-5-6-7-8-9-10-11-12-13-14-15-16-17-18-19-22(23)25-21-20-24-4-2;1-5(2,3)4/h11-12H,3-10,13-21H2,1-2H3;(H2,1,2,3,4)/b12-11-;. The van der Waals surface area contributed by atoms with Gasteiger partial charge in [0.05, 0.1) is 6.61 Å². The van der Waals surface area contributed by atoms with Crippen molar-refractivity contribution in [3.63, 3.8) is 0 Å². The van der Waals surface area contributed by atoms with E-state index in [-0.39, 0.29) is 5.97 Å². The van der Waals surface area contributed by atoms with Crippen LogP contribution in [0, 0.1) is 0 Å². The predicted octanol–water partition coefficient (Wildman–Crippen LogP) is 5.95. The van der Waals surface area contributed by atoms with E-state index in [9.17, 15) is 4.79 Å². The lowest BCUT2D eigenvalue weighted by molar-refractivity contribution is -0.145. The molecule has 8 heteroatoms. The molecular formula is C22H44O7S. The van der Waals surface area contributed by atoms with Crippen molar-refractivity contribution in [1.29, 1.82) is 0 Å². The Labute approximate surface area is 184 Å². The number of hydrogen-bond acceptors (Lipinski definition) is 5. The molecule has 30 heavy (non-hydrogen) atoms. The summed E-state index contributed by atoms with van der Waals surface area (Å²) in [6.07, 6.45) is 21.8. The fraction of sp³-hybridized carbons (Fsp3) is 0.864. The monoisotopic (exact) mass is 452 g/mol. The molecule has 0 aliphatic rings. The summed E-state index contributed by atoms with van der Waals surface area (Å²) in [6, 6.07) is 0. The van der Waals surface area contributed by atoms with Crippen LogP contribution in [0.3, 0.4) is 0 Å². The van der Waals surface area contributed by atoms with E-state index in [0.29, 0.717) is 26.2 Å². The molecule has 180 valence electrons. The molecule has 7 nitrogen and oxygen atoms in total. The first-order valence-corrected chi connectivity index (χ1v) is 12.8. The lowest BCUT2D eigenvalue weighted by Crippen LogP contribution is -2.10. The van der Waals surface area contributed by atoms with E-state index >= 15 is 0 Å². The van der Waals surface area contributed by atoms with Gasteiger partial charge in [0, 0.05) is 13.0 Å². The summed E-state index contributed by atoms with van der Waals surface area (Å²) in [5.41, 5.74) is 0. The van der Waals surface area contributed by atoms with Gasteiger partial charge >= 0.3 is 16.4 Å². The molecule has 0 bridgehead atoms. The molecule has 0 aliphatic heterocycles. The molecule has 0 atom stereocenters. The fourth-order valence-electron chi connectivity index (χ4n) is 2.77. The number of allylic oxidation sites excluding steroid dienone is 2. The van der Waals surface area contributed by atoms with E-state index < -0.39 is 10.4 Å². The SMILES string of the molecule is CCCCCCCC/C=C\CCCCCCCC(=O)OCCOCC.O=S(=O)(O)O. The molecular weight excluding hydrogens is 408 g/mol. The second kappa shape index (κ2) is 24.3. The van der Waals surface area contributed by atoms with E-state index in [2.05, 4.69) is 19.1 Å². The molecule has 0 aromatic heterocycles. The summed E-state index contributed by atoms with van der Waals surface area (Å²) in [5.74, 6) is -0.0858. The van der Waals surface area contributed by atoms with Crippen LogP contribution in [0.2, 0.25) is 0 Å². The average Bonchev–Trinajstić information content (AvgIpc) is 2.67. The largest absolute Gasteiger partial charge is 0.463 e. The molecule has 0 unspecified atom stereocenters. The molecule has 0 spiro atoms. The second-order valence-corrected chi connectivity index (χ2v) is 8.10. The van der Waals surface area contributed by atoms with Crippen LogP contribution in [0.15, 0.2) is 12.2 Å². The van der Waals surface area contributed by atoms with Crippen molar-refractivity contribution < 1.29 is 31.8 Å². The zero-order valence-electron chi connectivity index (χ0n) is 19.0. The number of rotatable bonds is 19. The van der Waals surface area contributed by atoms with Gasteiger partial charge in [-0.1, -0.05) is 70.4 Å². The highest BCUT2D eigenvalue weighted by atomic mass is 32.3. The summed E-state index contributed by atoms with van der Waals surface area (Å²) < 4.78 is 41.8. The van der Waals surface area contributed by atoms with Gasteiger partial charge in [-0.2, -0.15) is 8.42 Å². The first-order chi connectivity index (χ1) is 14.3. The van der Waals surface area contributed by atoms with Crippen LogP contribution in [0.4, 0.5) is 0 Å². The van der Waals surface area contributed by atoms with Gasteiger partial charge in [0.25, 0.3) is 0 Å². The van der Waals surface area contributed by atoms with Crippen molar-refractivity contribution in [2.75, 3.05) is 19.8 Å². The van der Waals surface area contributed by atoms with Gasteiger partial charge in [-0.15, -0.1) is 0 Å². The number of ether oxygens (including phenoxy) is 2. The maximum atomic E-state index is 11.5. The highest BCUT2D eigenvalue weighted by Crippen LogP contribution is 2.10. The zero-order chi connectivity index (χ0) is 22.9. The Morgan fingerprint density at radius 2 is 1.23 bits per heavy atom. The van der Waals surface area contributed by atoms with Crippen molar-refractivity contribution in [3.05, 3.63) is 12.2 Å². The van der Waals surface area contributed by atoms with E-state index in [4.69, 9.17) is 27.0 Å². The van der Waals surface area contributed by atoms with E-state index in [0.717, 1.165) is 12.8 Å². The lowest BCUT2D eigenvalue weighted by Gasteiger charge is -2.04. The van der Waals surface area contributed by atoms with Crippen molar-refractivity contribution in [3.8, 4) is 0 Å². The molecule has 0 aromatic rings. The third-order valence-corrected chi connectivity index (χ3v) is 4.34. The van der Waals surface area contributed by atoms with Gasteiger partial charge in [-0.3, -0.25) is 13.9 Å². The van der Waals surface area contributed by atoms with Gasteiger partial charge in [0.2, 0.25) is 0 Å². The van der Waals surface area contributed by atoms with Gasteiger partial charge in [-0.25, -0.2) is 0 Å². The van der Waals surface area contributed by atoms with Gasteiger partial charge in [-0.05, 0) is 39.0 Å². The molecule has 0 fully saturated rings. The molecule has 0 saturated carbocycles. The molecule has 0 saturated heterocycles. The minimum absolute atomic E-state index is 0.0858. The minimum Gasteiger partial charge on any atom is -0.463 e. The smallest absolute Gasteiger partial charge is 0.394 e. The van der Waals surface area contributed by atoms with E-state index in [1.165, 1.54) is 70.6 Å². The Balaban J connectivity index is 0. The van der Waals surface area contributed by atoms with Crippen LogP contribution in [0.5, 0.6) is 0 Å². The summed E-state index contributed by atoms with van der Waals surface area (Å²) in [4.78, 5) is 11.5. The molecule has 0 aromatic carbocycles. The molecule has 0 heterocycles. The van der Waals surface area contributed by atoms with Crippen LogP contribution >= 0.6 is 0 Å². The van der Waals surface area contributed by atoms with E-state index in [1.807, 2.05) is 6.92 Å². The molecule has 0 amide bonds. The minimum atomic E-state index is -4.67. The highest BCUT2D eigenvalue weighted by Gasteiger charge is 2.02. The Hall–Kier alpha value is -0.960. The Morgan fingerprint density at radius 3 is 1.73 bits per heavy atom. The average molecular weight is 453 g/mol. The predicted molar refractivity (Wildman–Crippen MR) is 121 cm³/mol. The molecule has 2 N–H and O–H groups in total. The van der Waals surface area contributed by atoms with Crippen molar-refractivity contribution >= 4 is 16.4 Å². The van der Waals surface area contributed by atoms with Gasteiger partial charge in [0.15, 0.2) is 0 Å². The van der Waals surface area contributed by atoms with Crippen molar-refractivity contribution in [2.24, 2.45) is 0 Å². The Morgan fingerprint density at radius 1 is 0.767 bits per heavy atom. The number of unbranched alkanes of at least 4 members (excludes halogenated alkanes) is 11. The Kier molecular flexibility index (Phi) is 25.3. The van der Waals surface area contributed by atoms with Crippen LogP contribution in [0.25, 0.3) is 0 Å². The van der Waals surface area contributed by atoms with Crippen LogP contribution in [-0.4, -0.2) is 43.3 Å². The third kappa shape index (κ3) is 37.7. The first kappa shape index (κ1) is 31.2. The van der Waals surface area contributed by atoms with Gasteiger partial charge in [0.1, 0.15) is 6.61 Å². The summed E-state index contributed by atoms with van der Waals surface area (Å²) in [7, 11) is -4.67. The molecule has 0 rings (SSSR count). The van der Waals surface area contributed by atoms with Crippen LogP contribution in [-0.2, 0) is 24.7 Å². The normalized spacial score (nSPS) is 11.3. The summed E-state index contributed by atoms with van der Waals surface area (Å²) in [5, 5.41) is 0. The van der Waals surface area contributed by atoms with E-state index in [1.54, 1.807) is 0 Å². The Bertz CT molecular complexity index is 482. The topological polar surface area (TPSA) is 110 Å². The number of carbonyl (C=O) groups excluding carboxylic acids is 1. The number of carbonyl (C=O) groups is 1. The number of hydrogen-bond donors (Lipinski definition) is 2. The highest BCUT2D eigenvalue weighted by molar-refractivity contribution is 7.79. The van der Waals surface area contributed by atoms with Crippen molar-refractivity contribution in [1.82, 2.24) is 0 Å². The first-order valence-electron chi connectivity index (χ1n) is 11.4. The van der Waals surface area contributed by atoms with Crippen LogP contribution in [0.1, 0.15) is 104 Å². The zero-order valence-corrected chi connectivity index (χ0v) is 19.8. The lowest BCUT2D eigenvalue weighted by atomic mass is 10.1. The second-order valence-electron chi connectivity index (χ2n) is 7.20. The maximum absolute atomic E-state index is 11.5.